The van der Waals surface area contributed by atoms with Crippen LogP contribution in [0.25, 0.3) is 5.70 Å². The Morgan fingerprint density at radius 2 is 2.07 bits per heavy atom. The number of rotatable bonds is 2. The quantitative estimate of drug-likeness (QED) is 0.752. The van der Waals surface area contributed by atoms with Gasteiger partial charge in [-0.3, -0.25) is 0 Å². The highest BCUT2D eigenvalue weighted by Gasteiger charge is 2.40. The van der Waals surface area contributed by atoms with E-state index in [0.29, 0.717) is 12.1 Å². The SMILES string of the molecule is O=C(O)c1cc(C(=O)O)n2c1CC1C=C12. The largest absolute Gasteiger partial charge is 0.478 e. The molecule has 0 saturated carbocycles. The molecule has 0 amide bonds. The first-order chi connectivity index (χ1) is 7.09. The molecule has 0 radical (unpaired) electrons. The normalized spacial score (nSPS) is 20.5. The summed E-state index contributed by atoms with van der Waals surface area (Å²) in [6.07, 6.45) is 2.56. The maximum absolute atomic E-state index is 10.9. The summed E-state index contributed by atoms with van der Waals surface area (Å²) in [5.74, 6) is -1.89. The molecule has 0 spiro atoms. The second-order valence-electron chi connectivity index (χ2n) is 3.74. The van der Waals surface area contributed by atoms with E-state index >= 15 is 0 Å². The summed E-state index contributed by atoms with van der Waals surface area (Å²) in [5, 5.41) is 17.9. The van der Waals surface area contributed by atoms with Crippen molar-refractivity contribution in [1.82, 2.24) is 4.57 Å². The van der Waals surface area contributed by atoms with Crippen LogP contribution in [0.3, 0.4) is 0 Å². The Bertz CT molecular complexity index is 538. The van der Waals surface area contributed by atoms with Gasteiger partial charge in [-0.15, -0.1) is 0 Å². The van der Waals surface area contributed by atoms with Gasteiger partial charge in [0.25, 0.3) is 0 Å². The van der Waals surface area contributed by atoms with Crippen LogP contribution < -0.4 is 0 Å². The van der Waals surface area contributed by atoms with E-state index in [1.165, 1.54) is 6.07 Å². The van der Waals surface area contributed by atoms with Crippen molar-refractivity contribution in [1.29, 1.82) is 0 Å². The van der Waals surface area contributed by atoms with Crippen molar-refractivity contribution < 1.29 is 19.8 Å². The Morgan fingerprint density at radius 3 is 2.67 bits per heavy atom. The van der Waals surface area contributed by atoms with E-state index in [0.717, 1.165) is 5.70 Å². The summed E-state index contributed by atoms with van der Waals surface area (Å²) < 4.78 is 1.55. The molecule has 3 rings (SSSR count). The third kappa shape index (κ3) is 0.918. The highest BCUT2D eigenvalue weighted by atomic mass is 16.4. The molecule has 15 heavy (non-hydrogen) atoms. The Balaban J connectivity index is 2.26. The van der Waals surface area contributed by atoms with Crippen LogP contribution >= 0.6 is 0 Å². The van der Waals surface area contributed by atoms with Crippen molar-refractivity contribution in [3.63, 3.8) is 0 Å². The Labute approximate surface area is 84.3 Å². The number of carboxylic acid groups (broad SMARTS) is 2. The fraction of sp³-hybridized carbons (Fsp3) is 0.200. The fourth-order valence-electron chi connectivity index (χ4n) is 2.16. The fourth-order valence-corrected chi connectivity index (χ4v) is 2.16. The summed E-state index contributed by atoms with van der Waals surface area (Å²) in [7, 11) is 0. The standard InChI is InChI=1S/C10H7NO4/c12-9(13)5-3-8(10(14)15)11-6-1-4(6)2-7(5)11/h1,3-4H,2H2,(H,12,13)(H,14,15). The van der Waals surface area contributed by atoms with Gasteiger partial charge < -0.3 is 14.8 Å². The minimum Gasteiger partial charge on any atom is -0.478 e. The van der Waals surface area contributed by atoms with E-state index in [1.807, 2.05) is 6.08 Å². The summed E-state index contributed by atoms with van der Waals surface area (Å²) >= 11 is 0. The molecule has 0 bridgehead atoms. The number of allylic oxidation sites excluding steroid dienone is 2. The Kier molecular flexibility index (Phi) is 1.27. The van der Waals surface area contributed by atoms with Gasteiger partial charge in [-0.25, -0.2) is 9.59 Å². The maximum Gasteiger partial charge on any atom is 0.352 e. The zero-order chi connectivity index (χ0) is 10.7. The molecule has 2 heterocycles. The molecule has 1 unspecified atom stereocenters. The van der Waals surface area contributed by atoms with Gasteiger partial charge in [0.1, 0.15) is 5.69 Å². The molecule has 0 fully saturated rings. The minimum absolute atomic E-state index is 0.0497. The molecule has 1 aliphatic carbocycles. The second-order valence-corrected chi connectivity index (χ2v) is 3.74. The average molecular weight is 205 g/mol. The maximum atomic E-state index is 10.9. The molecule has 1 atom stereocenters. The van der Waals surface area contributed by atoms with Gasteiger partial charge in [0.15, 0.2) is 0 Å². The van der Waals surface area contributed by atoms with Crippen LogP contribution in [0.5, 0.6) is 0 Å². The van der Waals surface area contributed by atoms with E-state index < -0.39 is 11.9 Å². The lowest BCUT2D eigenvalue weighted by molar-refractivity contribution is 0.0685. The van der Waals surface area contributed by atoms with E-state index in [2.05, 4.69) is 0 Å². The molecule has 0 aromatic carbocycles. The van der Waals surface area contributed by atoms with Gasteiger partial charge >= 0.3 is 11.9 Å². The van der Waals surface area contributed by atoms with Gasteiger partial charge in [-0.05, 0) is 6.07 Å². The van der Waals surface area contributed by atoms with Crippen molar-refractivity contribution >= 4 is 17.6 Å². The third-order valence-corrected chi connectivity index (χ3v) is 2.87. The van der Waals surface area contributed by atoms with Crippen molar-refractivity contribution in [2.45, 2.75) is 6.42 Å². The lowest BCUT2D eigenvalue weighted by atomic mass is 10.1. The summed E-state index contributed by atoms with van der Waals surface area (Å²) in [5.41, 5.74) is 1.70. The van der Waals surface area contributed by atoms with Crippen LogP contribution in [-0.2, 0) is 6.42 Å². The molecule has 0 saturated heterocycles. The molecule has 2 N–H and O–H groups in total. The van der Waals surface area contributed by atoms with Gasteiger partial charge in [-0.1, -0.05) is 6.08 Å². The van der Waals surface area contributed by atoms with E-state index in [-0.39, 0.29) is 17.2 Å². The van der Waals surface area contributed by atoms with Crippen molar-refractivity contribution in [3.05, 3.63) is 29.1 Å². The number of carbonyl (C=O) groups is 2. The van der Waals surface area contributed by atoms with Crippen LogP contribution in [0.15, 0.2) is 12.1 Å². The molecular weight excluding hydrogens is 198 g/mol. The van der Waals surface area contributed by atoms with E-state index in [9.17, 15) is 9.59 Å². The molecule has 76 valence electrons. The molecule has 5 heteroatoms. The topological polar surface area (TPSA) is 79.5 Å². The first kappa shape index (κ1) is 8.28. The lowest BCUT2D eigenvalue weighted by Gasteiger charge is -1.99. The van der Waals surface area contributed by atoms with Crippen LogP contribution in [0.4, 0.5) is 0 Å². The molecule has 1 aromatic rings. The first-order valence-electron chi connectivity index (χ1n) is 4.53. The number of fused-ring (bicyclic) bond motifs is 3. The number of nitrogens with zero attached hydrogens (tertiary/aromatic N) is 1. The van der Waals surface area contributed by atoms with Crippen molar-refractivity contribution in [2.75, 3.05) is 0 Å². The zero-order valence-electron chi connectivity index (χ0n) is 7.60. The molecule has 1 aliphatic heterocycles. The van der Waals surface area contributed by atoms with Gasteiger partial charge in [0.2, 0.25) is 0 Å². The summed E-state index contributed by atoms with van der Waals surface area (Å²) in [4.78, 5) is 21.8. The molecule has 5 nitrogen and oxygen atoms in total. The van der Waals surface area contributed by atoms with E-state index in [1.54, 1.807) is 4.57 Å². The summed E-state index contributed by atoms with van der Waals surface area (Å²) in [6, 6.07) is 1.23. The average Bonchev–Trinajstić information content (AvgIpc) is 2.67. The predicted octanol–water partition coefficient (Wildman–Crippen LogP) is 0.911. The van der Waals surface area contributed by atoms with E-state index in [4.69, 9.17) is 10.2 Å². The van der Waals surface area contributed by atoms with Crippen LogP contribution in [0.1, 0.15) is 26.5 Å². The highest BCUT2D eigenvalue weighted by Crippen LogP contribution is 2.46. The summed E-state index contributed by atoms with van der Waals surface area (Å²) in [6.45, 7) is 0. The van der Waals surface area contributed by atoms with Gasteiger partial charge in [0, 0.05) is 23.7 Å². The Hall–Kier alpha value is -2.04. The van der Waals surface area contributed by atoms with Crippen LogP contribution in [0, 0.1) is 5.92 Å². The predicted molar refractivity (Wildman–Crippen MR) is 49.8 cm³/mol. The zero-order valence-corrected chi connectivity index (χ0v) is 7.60. The molecule has 2 aliphatic rings. The monoisotopic (exact) mass is 205 g/mol. The van der Waals surface area contributed by atoms with Gasteiger partial charge in [-0.2, -0.15) is 0 Å². The van der Waals surface area contributed by atoms with Crippen LogP contribution in [-0.4, -0.2) is 26.7 Å². The molecular formula is C10H7NO4. The Morgan fingerprint density at radius 1 is 1.33 bits per heavy atom. The second kappa shape index (κ2) is 2.31. The van der Waals surface area contributed by atoms with Gasteiger partial charge in [0.05, 0.1) is 5.56 Å². The number of aromatic carboxylic acids is 2. The smallest absolute Gasteiger partial charge is 0.352 e. The minimum atomic E-state index is -1.09. The number of carboxylic acids is 2. The van der Waals surface area contributed by atoms with Crippen molar-refractivity contribution in [2.24, 2.45) is 5.92 Å². The number of hydrogen-bond donors (Lipinski definition) is 2. The van der Waals surface area contributed by atoms with Crippen LogP contribution in [0.2, 0.25) is 0 Å². The molecule has 1 aromatic heterocycles. The highest BCUT2D eigenvalue weighted by molar-refractivity contribution is 5.98. The first-order valence-corrected chi connectivity index (χ1v) is 4.53. The lowest BCUT2D eigenvalue weighted by Crippen LogP contribution is -2.04. The van der Waals surface area contributed by atoms with Crippen molar-refractivity contribution in [3.8, 4) is 0 Å². The number of hydrogen-bond acceptors (Lipinski definition) is 2. The third-order valence-electron chi connectivity index (χ3n) is 2.87. The number of aromatic nitrogens is 1.